The van der Waals surface area contributed by atoms with Crippen molar-refractivity contribution in [2.24, 2.45) is 0 Å². The summed E-state index contributed by atoms with van der Waals surface area (Å²) in [6.07, 6.45) is 3.24. The smallest absolute Gasteiger partial charge is 0.123 e. The molecule has 0 saturated carbocycles. The van der Waals surface area contributed by atoms with Crippen LogP contribution in [0.3, 0.4) is 0 Å². The van der Waals surface area contributed by atoms with Gasteiger partial charge in [-0.1, -0.05) is 0 Å². The van der Waals surface area contributed by atoms with Crippen molar-refractivity contribution in [2.75, 3.05) is 18.1 Å². The molecule has 1 aromatic rings. The highest BCUT2D eigenvalue weighted by atomic mass is 19.1. The number of halogens is 1. The largest absolute Gasteiger partial charge is 0.396 e. The molecule has 2 unspecified atom stereocenters. The lowest BCUT2D eigenvalue weighted by atomic mass is 10.0. The van der Waals surface area contributed by atoms with Gasteiger partial charge in [-0.2, -0.15) is 0 Å². The Balaban J connectivity index is 2.24. The molecule has 3 nitrogen and oxygen atoms in total. The quantitative estimate of drug-likeness (QED) is 0.862. The van der Waals surface area contributed by atoms with E-state index >= 15 is 0 Å². The molecular weight excluding hydrogens is 245 g/mol. The number of hydrogen-bond donors (Lipinski definition) is 2. The van der Waals surface area contributed by atoms with Gasteiger partial charge in [-0.25, -0.2) is 4.39 Å². The number of hydrogen-bond acceptors (Lipinski definition) is 3. The summed E-state index contributed by atoms with van der Waals surface area (Å²) in [7, 11) is 0. The number of anilines is 1. The summed E-state index contributed by atoms with van der Waals surface area (Å²) in [5, 5.41) is 18.8. The maximum Gasteiger partial charge on any atom is 0.123 e. The summed E-state index contributed by atoms with van der Waals surface area (Å²) in [4.78, 5) is 2.25. The lowest BCUT2D eigenvalue weighted by molar-refractivity contribution is 0.199. The number of aliphatic hydroxyl groups is 2. The first-order valence-electron chi connectivity index (χ1n) is 6.98. The molecular formula is C15H22FNO2. The van der Waals surface area contributed by atoms with Crippen molar-refractivity contribution < 1.29 is 14.6 Å². The first-order valence-corrected chi connectivity index (χ1v) is 6.98. The molecule has 2 N–H and O–H groups in total. The summed E-state index contributed by atoms with van der Waals surface area (Å²) >= 11 is 0. The van der Waals surface area contributed by atoms with Gasteiger partial charge in [-0.3, -0.25) is 0 Å². The van der Waals surface area contributed by atoms with Crippen molar-refractivity contribution in [3.8, 4) is 0 Å². The van der Waals surface area contributed by atoms with E-state index in [1.165, 1.54) is 12.1 Å². The molecule has 2 atom stereocenters. The second kappa shape index (κ2) is 6.35. The molecule has 1 aliphatic heterocycles. The Morgan fingerprint density at radius 2 is 2.26 bits per heavy atom. The predicted octanol–water partition coefficient (Wildman–Crippen LogP) is 2.62. The third kappa shape index (κ3) is 3.25. The van der Waals surface area contributed by atoms with E-state index in [2.05, 4.69) is 4.90 Å². The molecule has 1 heterocycles. The summed E-state index contributed by atoms with van der Waals surface area (Å²) < 4.78 is 13.3. The molecule has 0 radical (unpaired) electrons. The Labute approximate surface area is 113 Å². The second-order valence-electron chi connectivity index (χ2n) is 5.23. The van der Waals surface area contributed by atoms with Gasteiger partial charge in [0.25, 0.3) is 0 Å². The predicted molar refractivity (Wildman–Crippen MR) is 73.7 cm³/mol. The average molecular weight is 267 g/mol. The molecule has 0 bridgehead atoms. The van der Waals surface area contributed by atoms with Crippen LogP contribution in [0.15, 0.2) is 18.2 Å². The third-order valence-corrected chi connectivity index (χ3v) is 3.82. The molecule has 0 aromatic heterocycles. The summed E-state index contributed by atoms with van der Waals surface area (Å²) in [6.45, 7) is 2.80. The molecule has 106 valence electrons. The minimum absolute atomic E-state index is 0.205. The lowest BCUT2D eigenvalue weighted by Gasteiger charge is -2.29. The van der Waals surface area contributed by atoms with Crippen molar-refractivity contribution >= 4 is 5.69 Å². The van der Waals surface area contributed by atoms with Crippen molar-refractivity contribution in [2.45, 2.75) is 44.8 Å². The Hall–Kier alpha value is -1.13. The van der Waals surface area contributed by atoms with E-state index < -0.39 is 6.10 Å². The number of aliphatic hydroxyl groups excluding tert-OH is 2. The molecule has 1 saturated heterocycles. The van der Waals surface area contributed by atoms with E-state index in [0.29, 0.717) is 11.6 Å². The van der Waals surface area contributed by atoms with E-state index in [4.69, 9.17) is 5.11 Å². The highest BCUT2D eigenvalue weighted by Crippen LogP contribution is 2.33. The second-order valence-corrected chi connectivity index (χ2v) is 5.23. The molecule has 1 aliphatic rings. The van der Waals surface area contributed by atoms with Gasteiger partial charge in [0.1, 0.15) is 5.82 Å². The molecule has 2 rings (SSSR count). The van der Waals surface area contributed by atoms with Crippen LogP contribution in [0.25, 0.3) is 0 Å². The van der Waals surface area contributed by atoms with Crippen LogP contribution in [-0.4, -0.2) is 29.4 Å². The maximum absolute atomic E-state index is 13.3. The van der Waals surface area contributed by atoms with Gasteiger partial charge >= 0.3 is 0 Å². The van der Waals surface area contributed by atoms with Crippen LogP contribution in [0, 0.1) is 5.82 Å². The van der Waals surface area contributed by atoms with Gasteiger partial charge < -0.3 is 15.1 Å². The van der Waals surface area contributed by atoms with Gasteiger partial charge in [0.15, 0.2) is 0 Å². The molecule has 1 aromatic carbocycles. The van der Waals surface area contributed by atoms with Crippen LogP contribution in [0.5, 0.6) is 0 Å². The van der Waals surface area contributed by atoms with Crippen molar-refractivity contribution in [1.29, 1.82) is 0 Å². The molecule has 0 spiro atoms. The van der Waals surface area contributed by atoms with Crippen LogP contribution in [0.1, 0.15) is 44.3 Å². The van der Waals surface area contributed by atoms with Crippen LogP contribution in [0.4, 0.5) is 10.1 Å². The first kappa shape index (κ1) is 14.3. The minimum Gasteiger partial charge on any atom is -0.396 e. The van der Waals surface area contributed by atoms with Gasteiger partial charge in [-0.15, -0.1) is 0 Å². The Kier molecular flexibility index (Phi) is 4.77. The van der Waals surface area contributed by atoms with Crippen molar-refractivity contribution in [3.63, 3.8) is 0 Å². The van der Waals surface area contributed by atoms with E-state index in [9.17, 15) is 9.50 Å². The number of benzene rings is 1. The zero-order valence-electron chi connectivity index (χ0n) is 11.3. The molecule has 0 aliphatic carbocycles. The van der Waals surface area contributed by atoms with E-state index in [1.54, 1.807) is 13.0 Å². The molecule has 4 heteroatoms. The minimum atomic E-state index is -0.676. The Morgan fingerprint density at radius 1 is 1.47 bits per heavy atom. The fraction of sp³-hybridized carbons (Fsp3) is 0.600. The third-order valence-electron chi connectivity index (χ3n) is 3.82. The number of rotatable bonds is 5. The normalized spacial score (nSPS) is 20.8. The fourth-order valence-corrected chi connectivity index (χ4v) is 2.90. The zero-order valence-corrected chi connectivity index (χ0v) is 11.3. The monoisotopic (exact) mass is 267 g/mol. The SMILES string of the molecule is CC(O)c1cc(F)ccc1N1CCCC1CCCO. The van der Waals surface area contributed by atoms with Gasteiger partial charge in [0.05, 0.1) is 6.10 Å². The average Bonchev–Trinajstić information content (AvgIpc) is 2.84. The van der Waals surface area contributed by atoms with Crippen LogP contribution >= 0.6 is 0 Å². The molecule has 19 heavy (non-hydrogen) atoms. The summed E-state index contributed by atoms with van der Waals surface area (Å²) in [5.41, 5.74) is 1.58. The van der Waals surface area contributed by atoms with Gasteiger partial charge in [0.2, 0.25) is 0 Å². The lowest BCUT2D eigenvalue weighted by Crippen LogP contribution is -2.30. The van der Waals surface area contributed by atoms with Gasteiger partial charge in [0, 0.05) is 30.4 Å². The number of nitrogens with zero attached hydrogens (tertiary/aromatic N) is 1. The highest BCUT2D eigenvalue weighted by Gasteiger charge is 2.26. The topological polar surface area (TPSA) is 43.7 Å². The summed E-state index contributed by atoms with van der Waals surface area (Å²) in [5.74, 6) is -0.314. The molecule has 1 fully saturated rings. The van der Waals surface area contributed by atoms with Crippen LogP contribution < -0.4 is 4.90 Å². The van der Waals surface area contributed by atoms with Crippen LogP contribution in [-0.2, 0) is 0 Å². The highest BCUT2D eigenvalue weighted by molar-refractivity contribution is 5.56. The zero-order chi connectivity index (χ0) is 13.8. The van der Waals surface area contributed by atoms with E-state index in [-0.39, 0.29) is 12.4 Å². The first-order chi connectivity index (χ1) is 9.13. The Morgan fingerprint density at radius 3 is 2.95 bits per heavy atom. The van der Waals surface area contributed by atoms with Crippen molar-refractivity contribution in [3.05, 3.63) is 29.6 Å². The maximum atomic E-state index is 13.3. The van der Waals surface area contributed by atoms with E-state index in [1.807, 2.05) is 0 Å². The Bertz CT molecular complexity index is 423. The van der Waals surface area contributed by atoms with E-state index in [0.717, 1.165) is 37.9 Å². The molecule has 0 amide bonds. The standard InChI is InChI=1S/C15H22FNO2/c1-11(19)14-10-12(16)6-7-15(14)17-8-2-4-13(17)5-3-9-18/h6-7,10-11,13,18-19H,2-5,8-9H2,1H3. The fourth-order valence-electron chi connectivity index (χ4n) is 2.90. The summed E-state index contributed by atoms with van der Waals surface area (Å²) in [6, 6.07) is 5.01. The van der Waals surface area contributed by atoms with Gasteiger partial charge in [-0.05, 0) is 50.8 Å². The van der Waals surface area contributed by atoms with Crippen LogP contribution in [0.2, 0.25) is 0 Å². The van der Waals surface area contributed by atoms with Crippen molar-refractivity contribution in [1.82, 2.24) is 0 Å².